The summed E-state index contributed by atoms with van der Waals surface area (Å²) in [7, 11) is -5.09. The number of nitrogens with one attached hydrogen (secondary N) is 1. The van der Waals surface area contributed by atoms with E-state index < -0.39 is 26.0 Å². The Bertz CT molecular complexity index is 1210. The molecule has 0 saturated carbocycles. The summed E-state index contributed by atoms with van der Waals surface area (Å²) < 4.78 is 61.5. The summed E-state index contributed by atoms with van der Waals surface area (Å²) in [6, 6.07) is 10.7. The number of methoxy groups -OCH3 is 1. The van der Waals surface area contributed by atoms with Crippen LogP contribution in [0, 0.1) is 0 Å². The van der Waals surface area contributed by atoms with Gasteiger partial charge in [0.1, 0.15) is 5.84 Å². The summed E-state index contributed by atoms with van der Waals surface area (Å²) in [5, 5.41) is 0. The molecule has 2 aromatic carbocycles. The lowest BCUT2D eigenvalue weighted by molar-refractivity contribution is 0.0600. The first-order chi connectivity index (χ1) is 14.1. The maximum Gasteiger partial charge on any atom is 0.337 e. The van der Waals surface area contributed by atoms with Gasteiger partial charge in [-0.15, -0.1) is 4.40 Å². The topological polar surface area (TPSA) is 122 Å². The number of hydrogen-bond donors (Lipinski definition) is 1. The first-order valence-electron chi connectivity index (χ1n) is 8.99. The number of carbonyl (C=O) groups is 1. The molecule has 3 rings (SSSR count). The van der Waals surface area contributed by atoms with Crippen molar-refractivity contribution in [1.29, 1.82) is 0 Å². The third-order valence-corrected chi connectivity index (χ3v) is 7.19. The average molecular weight is 452 g/mol. The molecule has 0 radical (unpaired) electrons. The number of benzene rings is 2. The van der Waals surface area contributed by atoms with Crippen LogP contribution in [0.5, 0.6) is 0 Å². The first-order valence-corrected chi connectivity index (χ1v) is 11.9. The zero-order chi connectivity index (χ0) is 21.9. The highest BCUT2D eigenvalue weighted by molar-refractivity contribution is 7.92. The van der Waals surface area contributed by atoms with Crippen molar-refractivity contribution in [2.75, 3.05) is 25.4 Å². The molecule has 1 fully saturated rings. The smallest absolute Gasteiger partial charge is 0.337 e. The third-order valence-electron chi connectivity index (χ3n) is 4.51. The maximum atomic E-state index is 12.7. The molecule has 1 aliphatic heterocycles. The van der Waals surface area contributed by atoms with Gasteiger partial charge < -0.3 is 9.64 Å². The fraction of sp³-hybridized carbons (Fsp3) is 0.263. The van der Waals surface area contributed by atoms with Gasteiger partial charge in [0.25, 0.3) is 20.0 Å². The molecule has 1 heterocycles. The van der Waals surface area contributed by atoms with Crippen LogP contribution in [0.2, 0.25) is 0 Å². The predicted molar refractivity (Wildman–Crippen MR) is 112 cm³/mol. The van der Waals surface area contributed by atoms with Gasteiger partial charge in [0.2, 0.25) is 0 Å². The van der Waals surface area contributed by atoms with Crippen molar-refractivity contribution in [3.63, 3.8) is 0 Å². The summed E-state index contributed by atoms with van der Waals surface area (Å²) in [6.45, 7) is 0.735. The van der Waals surface area contributed by atoms with Crippen LogP contribution in [-0.2, 0) is 24.8 Å². The molecule has 1 N–H and O–H groups in total. The molecule has 11 heteroatoms. The molecule has 9 nitrogen and oxygen atoms in total. The predicted octanol–water partition coefficient (Wildman–Crippen LogP) is 2.09. The number of carbonyl (C=O) groups excluding carboxylic acids is 1. The van der Waals surface area contributed by atoms with Crippen molar-refractivity contribution >= 4 is 37.5 Å². The Hall–Kier alpha value is -2.92. The van der Waals surface area contributed by atoms with E-state index in [2.05, 4.69) is 13.9 Å². The molecule has 0 spiro atoms. The molecule has 0 aromatic heterocycles. The summed E-state index contributed by atoms with van der Waals surface area (Å²) in [4.78, 5) is 13.1. The SMILES string of the molecule is COC(=O)c1cccc(S(=O)(=O)Nc2cccc(S(=O)(=O)N=C3CCCN3C)c2)c1. The second-order valence-electron chi connectivity index (χ2n) is 6.66. The first kappa shape index (κ1) is 21.8. The Morgan fingerprint density at radius 2 is 1.77 bits per heavy atom. The summed E-state index contributed by atoms with van der Waals surface area (Å²) in [6.07, 6.45) is 1.40. The molecule has 1 aliphatic rings. The van der Waals surface area contributed by atoms with E-state index in [0.29, 0.717) is 12.3 Å². The van der Waals surface area contributed by atoms with Crippen LogP contribution < -0.4 is 4.72 Å². The number of ether oxygens (including phenoxy) is 1. The van der Waals surface area contributed by atoms with Gasteiger partial charge in [-0.1, -0.05) is 12.1 Å². The minimum Gasteiger partial charge on any atom is -0.465 e. The molecule has 160 valence electrons. The molecule has 2 aromatic rings. The molecule has 0 amide bonds. The van der Waals surface area contributed by atoms with E-state index in [-0.39, 0.29) is 21.0 Å². The van der Waals surface area contributed by atoms with E-state index in [0.717, 1.165) is 13.0 Å². The Labute approximate surface area is 175 Å². The van der Waals surface area contributed by atoms with Crippen LogP contribution in [0.15, 0.2) is 62.7 Å². The minimum absolute atomic E-state index is 0.0551. The molecule has 0 aliphatic carbocycles. The molecule has 0 unspecified atom stereocenters. The number of amidine groups is 1. The highest BCUT2D eigenvalue weighted by atomic mass is 32.2. The normalized spacial score (nSPS) is 15.9. The number of anilines is 1. The van der Waals surface area contributed by atoms with Gasteiger partial charge in [-0.25, -0.2) is 13.2 Å². The second-order valence-corrected chi connectivity index (χ2v) is 9.95. The molecule has 0 atom stereocenters. The van der Waals surface area contributed by atoms with Gasteiger partial charge in [-0.05, 0) is 42.8 Å². The number of likely N-dealkylation sites (tertiary alicyclic amines) is 1. The van der Waals surface area contributed by atoms with Gasteiger partial charge in [0.05, 0.1) is 28.2 Å². The van der Waals surface area contributed by atoms with Crippen molar-refractivity contribution in [3.05, 3.63) is 54.1 Å². The van der Waals surface area contributed by atoms with E-state index in [4.69, 9.17) is 0 Å². The highest BCUT2D eigenvalue weighted by Gasteiger charge is 2.22. The zero-order valence-electron chi connectivity index (χ0n) is 16.4. The molecule has 0 bridgehead atoms. The maximum absolute atomic E-state index is 12.7. The van der Waals surface area contributed by atoms with E-state index in [1.165, 1.54) is 55.6 Å². The van der Waals surface area contributed by atoms with Crippen LogP contribution in [0.4, 0.5) is 5.69 Å². The molecular weight excluding hydrogens is 430 g/mol. The van der Waals surface area contributed by atoms with Gasteiger partial charge in [0, 0.05) is 20.0 Å². The van der Waals surface area contributed by atoms with Crippen LogP contribution in [0.25, 0.3) is 0 Å². The van der Waals surface area contributed by atoms with E-state index in [9.17, 15) is 21.6 Å². The van der Waals surface area contributed by atoms with Gasteiger partial charge >= 0.3 is 5.97 Å². The lowest BCUT2D eigenvalue weighted by atomic mass is 10.2. The third kappa shape index (κ3) is 4.79. The van der Waals surface area contributed by atoms with Gasteiger partial charge in [0.15, 0.2) is 0 Å². The van der Waals surface area contributed by atoms with E-state index in [1.54, 1.807) is 11.9 Å². The summed E-state index contributed by atoms with van der Waals surface area (Å²) in [5.41, 5.74) is 0.132. The lowest BCUT2D eigenvalue weighted by Gasteiger charge is -2.12. The summed E-state index contributed by atoms with van der Waals surface area (Å²) >= 11 is 0. The van der Waals surface area contributed by atoms with Crippen molar-refractivity contribution in [3.8, 4) is 0 Å². The number of hydrogen-bond acceptors (Lipinski definition) is 6. The minimum atomic E-state index is -4.07. The van der Waals surface area contributed by atoms with Crippen LogP contribution >= 0.6 is 0 Å². The van der Waals surface area contributed by atoms with Crippen molar-refractivity contribution < 1.29 is 26.4 Å². The van der Waals surface area contributed by atoms with Gasteiger partial charge in [-0.2, -0.15) is 8.42 Å². The Kier molecular flexibility index (Phi) is 6.13. The zero-order valence-corrected chi connectivity index (χ0v) is 18.0. The molecular formula is C19H21N3O6S2. The van der Waals surface area contributed by atoms with E-state index in [1.807, 2.05) is 0 Å². The largest absolute Gasteiger partial charge is 0.465 e. The van der Waals surface area contributed by atoms with Crippen LogP contribution in [0.1, 0.15) is 23.2 Å². The molecule has 1 saturated heterocycles. The Morgan fingerprint density at radius 3 is 2.43 bits per heavy atom. The number of rotatable bonds is 6. The van der Waals surface area contributed by atoms with E-state index >= 15 is 0 Å². The monoisotopic (exact) mass is 451 g/mol. The average Bonchev–Trinajstić information content (AvgIpc) is 3.11. The standard InChI is InChI=1S/C19H21N3O6S2/c1-22-11-5-10-18(22)21-30(26,27)17-9-4-7-15(13-17)20-29(24,25)16-8-3-6-14(12-16)19(23)28-2/h3-4,6-9,12-13,20H,5,10-11H2,1-2H3. The highest BCUT2D eigenvalue weighted by Crippen LogP contribution is 2.23. The van der Waals surface area contributed by atoms with Crippen molar-refractivity contribution in [2.45, 2.75) is 22.6 Å². The van der Waals surface area contributed by atoms with Crippen LogP contribution in [-0.4, -0.2) is 54.2 Å². The fourth-order valence-corrected chi connectivity index (χ4v) is 5.18. The van der Waals surface area contributed by atoms with Crippen LogP contribution in [0.3, 0.4) is 0 Å². The van der Waals surface area contributed by atoms with Crippen molar-refractivity contribution in [1.82, 2.24) is 4.90 Å². The quantitative estimate of drug-likeness (QED) is 0.667. The van der Waals surface area contributed by atoms with Gasteiger partial charge in [-0.3, -0.25) is 4.72 Å². The number of sulfonamides is 2. The molecule has 30 heavy (non-hydrogen) atoms. The van der Waals surface area contributed by atoms with Crippen molar-refractivity contribution in [2.24, 2.45) is 4.40 Å². The Balaban J connectivity index is 1.89. The lowest BCUT2D eigenvalue weighted by Crippen LogP contribution is -2.20. The Morgan fingerprint density at radius 1 is 1.07 bits per heavy atom. The number of esters is 1. The fourth-order valence-electron chi connectivity index (χ4n) is 2.94. The second kappa shape index (κ2) is 8.44. The number of nitrogens with zero attached hydrogens (tertiary/aromatic N) is 2. The summed E-state index contributed by atoms with van der Waals surface area (Å²) in [5.74, 6) is -0.197.